The number of nitrogens with zero attached hydrogens (tertiary/aromatic N) is 4. The minimum Gasteiger partial charge on any atom is -0.353 e. The van der Waals surface area contributed by atoms with E-state index in [0.717, 1.165) is 17.1 Å². The standard InChI is InChI=1S/C14H17ClN4/c1-10(2)12-13(15)17-9-18-14(12)19(3)8-11-6-4-5-7-16-11/h4-7,9-10H,8H2,1-3H3. The van der Waals surface area contributed by atoms with Crippen LogP contribution in [0.4, 0.5) is 5.82 Å². The molecule has 0 aliphatic heterocycles. The topological polar surface area (TPSA) is 41.9 Å². The summed E-state index contributed by atoms with van der Waals surface area (Å²) in [6.45, 7) is 4.86. The first-order valence-corrected chi connectivity index (χ1v) is 6.59. The van der Waals surface area contributed by atoms with Gasteiger partial charge in [0.1, 0.15) is 17.3 Å². The lowest BCUT2D eigenvalue weighted by Crippen LogP contribution is -2.21. The van der Waals surface area contributed by atoms with Gasteiger partial charge >= 0.3 is 0 Å². The number of anilines is 1. The smallest absolute Gasteiger partial charge is 0.138 e. The third-order valence-corrected chi connectivity index (χ3v) is 3.18. The lowest BCUT2D eigenvalue weighted by Gasteiger charge is -2.22. The predicted octanol–water partition coefficient (Wildman–Crippen LogP) is 3.28. The molecule has 0 saturated heterocycles. The first-order chi connectivity index (χ1) is 9.09. The van der Waals surface area contributed by atoms with E-state index in [-0.39, 0.29) is 5.92 Å². The van der Waals surface area contributed by atoms with Gasteiger partial charge in [0.25, 0.3) is 0 Å². The Bertz CT molecular complexity index is 542. The Morgan fingerprint density at radius 1 is 1.21 bits per heavy atom. The van der Waals surface area contributed by atoms with Gasteiger partial charge in [0.2, 0.25) is 0 Å². The van der Waals surface area contributed by atoms with Gasteiger partial charge in [0, 0.05) is 18.8 Å². The van der Waals surface area contributed by atoms with Gasteiger partial charge < -0.3 is 4.90 Å². The number of rotatable bonds is 4. The summed E-state index contributed by atoms with van der Waals surface area (Å²) in [5.41, 5.74) is 1.97. The molecule has 0 aliphatic rings. The van der Waals surface area contributed by atoms with Crippen LogP contribution in [-0.2, 0) is 6.54 Å². The maximum atomic E-state index is 6.18. The molecular formula is C14H17ClN4. The fraction of sp³-hybridized carbons (Fsp3) is 0.357. The van der Waals surface area contributed by atoms with Crippen molar-refractivity contribution >= 4 is 17.4 Å². The van der Waals surface area contributed by atoms with Gasteiger partial charge in [-0.3, -0.25) is 4.98 Å². The van der Waals surface area contributed by atoms with Crippen LogP contribution in [0.2, 0.25) is 5.15 Å². The summed E-state index contributed by atoms with van der Waals surface area (Å²) in [5, 5.41) is 0.521. The largest absolute Gasteiger partial charge is 0.353 e. The van der Waals surface area contributed by atoms with Gasteiger partial charge in [-0.15, -0.1) is 0 Å². The van der Waals surface area contributed by atoms with Crippen LogP contribution in [-0.4, -0.2) is 22.0 Å². The molecule has 19 heavy (non-hydrogen) atoms. The minimum atomic E-state index is 0.273. The Morgan fingerprint density at radius 2 is 2.00 bits per heavy atom. The Morgan fingerprint density at radius 3 is 2.63 bits per heavy atom. The summed E-state index contributed by atoms with van der Waals surface area (Å²) >= 11 is 6.18. The molecule has 2 aromatic rings. The van der Waals surface area contributed by atoms with Gasteiger partial charge in [0.15, 0.2) is 0 Å². The van der Waals surface area contributed by atoms with Crippen LogP contribution < -0.4 is 4.90 Å². The molecule has 0 aliphatic carbocycles. The zero-order valence-electron chi connectivity index (χ0n) is 11.3. The molecule has 0 N–H and O–H groups in total. The normalized spacial score (nSPS) is 10.8. The number of aromatic nitrogens is 3. The van der Waals surface area contributed by atoms with Crippen molar-refractivity contribution in [2.45, 2.75) is 26.3 Å². The lowest BCUT2D eigenvalue weighted by molar-refractivity contribution is 0.799. The first kappa shape index (κ1) is 13.7. The van der Waals surface area contributed by atoms with E-state index in [1.165, 1.54) is 6.33 Å². The van der Waals surface area contributed by atoms with Crippen molar-refractivity contribution in [3.05, 3.63) is 47.1 Å². The Balaban J connectivity index is 2.29. The first-order valence-electron chi connectivity index (χ1n) is 6.21. The highest BCUT2D eigenvalue weighted by Gasteiger charge is 2.16. The number of hydrogen-bond acceptors (Lipinski definition) is 4. The second kappa shape index (κ2) is 5.97. The summed E-state index contributed by atoms with van der Waals surface area (Å²) < 4.78 is 0. The van der Waals surface area contributed by atoms with Crippen LogP contribution in [0.5, 0.6) is 0 Å². The lowest BCUT2D eigenvalue weighted by atomic mass is 10.1. The molecule has 0 radical (unpaired) electrons. The molecule has 0 spiro atoms. The van der Waals surface area contributed by atoms with E-state index in [9.17, 15) is 0 Å². The quantitative estimate of drug-likeness (QED) is 0.804. The van der Waals surface area contributed by atoms with E-state index >= 15 is 0 Å². The maximum Gasteiger partial charge on any atom is 0.138 e. The monoisotopic (exact) mass is 276 g/mol. The van der Waals surface area contributed by atoms with Crippen molar-refractivity contribution in [2.75, 3.05) is 11.9 Å². The fourth-order valence-electron chi connectivity index (χ4n) is 1.98. The number of halogens is 1. The molecule has 0 saturated carbocycles. The van der Waals surface area contributed by atoms with Gasteiger partial charge in [-0.1, -0.05) is 31.5 Å². The highest BCUT2D eigenvalue weighted by atomic mass is 35.5. The molecule has 100 valence electrons. The van der Waals surface area contributed by atoms with Crippen LogP contribution in [0.3, 0.4) is 0 Å². The number of pyridine rings is 1. The van der Waals surface area contributed by atoms with Crippen molar-refractivity contribution in [3.8, 4) is 0 Å². The summed E-state index contributed by atoms with van der Waals surface area (Å²) in [6.07, 6.45) is 3.29. The van der Waals surface area contributed by atoms with Gasteiger partial charge in [0.05, 0.1) is 12.2 Å². The Hall–Kier alpha value is -1.68. The zero-order valence-corrected chi connectivity index (χ0v) is 12.1. The van der Waals surface area contributed by atoms with Crippen molar-refractivity contribution in [1.29, 1.82) is 0 Å². The zero-order chi connectivity index (χ0) is 13.8. The fourth-order valence-corrected chi connectivity index (χ4v) is 2.32. The predicted molar refractivity (Wildman–Crippen MR) is 77.5 cm³/mol. The van der Waals surface area contributed by atoms with Crippen molar-refractivity contribution in [1.82, 2.24) is 15.0 Å². The van der Waals surface area contributed by atoms with Crippen LogP contribution in [0.15, 0.2) is 30.7 Å². The van der Waals surface area contributed by atoms with Crippen LogP contribution in [0, 0.1) is 0 Å². The van der Waals surface area contributed by atoms with Crippen molar-refractivity contribution < 1.29 is 0 Å². The molecule has 0 amide bonds. The molecule has 0 bridgehead atoms. The minimum absolute atomic E-state index is 0.273. The van der Waals surface area contributed by atoms with Crippen LogP contribution in [0.25, 0.3) is 0 Å². The van der Waals surface area contributed by atoms with Crippen molar-refractivity contribution in [2.24, 2.45) is 0 Å². The van der Waals surface area contributed by atoms with E-state index < -0.39 is 0 Å². The van der Waals surface area contributed by atoms with E-state index in [0.29, 0.717) is 11.7 Å². The average molecular weight is 277 g/mol. The van der Waals surface area contributed by atoms with E-state index in [4.69, 9.17) is 11.6 Å². The van der Waals surface area contributed by atoms with Crippen LogP contribution in [0.1, 0.15) is 31.0 Å². The Kier molecular flexibility index (Phi) is 4.32. The van der Waals surface area contributed by atoms with E-state index in [1.54, 1.807) is 6.20 Å². The molecule has 0 fully saturated rings. The third kappa shape index (κ3) is 3.20. The van der Waals surface area contributed by atoms with Gasteiger partial charge in [-0.25, -0.2) is 9.97 Å². The highest BCUT2D eigenvalue weighted by Crippen LogP contribution is 2.30. The molecule has 2 aromatic heterocycles. The third-order valence-electron chi connectivity index (χ3n) is 2.88. The van der Waals surface area contributed by atoms with E-state index in [1.807, 2.05) is 30.1 Å². The summed E-state index contributed by atoms with van der Waals surface area (Å²) in [4.78, 5) is 14.8. The summed E-state index contributed by atoms with van der Waals surface area (Å²) in [5.74, 6) is 1.13. The molecule has 2 rings (SSSR count). The SMILES string of the molecule is CC(C)c1c(Cl)ncnc1N(C)Cc1ccccn1. The average Bonchev–Trinajstić information content (AvgIpc) is 2.39. The Labute approximate surface area is 118 Å². The molecule has 5 heteroatoms. The highest BCUT2D eigenvalue weighted by molar-refractivity contribution is 6.30. The molecule has 0 atom stereocenters. The van der Waals surface area contributed by atoms with Crippen molar-refractivity contribution in [3.63, 3.8) is 0 Å². The molecule has 0 unspecified atom stereocenters. The summed E-state index contributed by atoms with van der Waals surface area (Å²) in [7, 11) is 1.99. The molecule has 0 aromatic carbocycles. The molecular weight excluding hydrogens is 260 g/mol. The maximum absolute atomic E-state index is 6.18. The second-order valence-corrected chi connectivity index (χ2v) is 5.09. The second-order valence-electron chi connectivity index (χ2n) is 4.73. The van der Waals surface area contributed by atoms with Gasteiger partial charge in [-0.05, 0) is 18.1 Å². The van der Waals surface area contributed by atoms with Crippen LogP contribution >= 0.6 is 11.6 Å². The summed E-state index contributed by atoms with van der Waals surface area (Å²) in [6, 6.07) is 5.88. The molecule has 2 heterocycles. The van der Waals surface area contributed by atoms with E-state index in [2.05, 4.69) is 28.8 Å². The van der Waals surface area contributed by atoms with Gasteiger partial charge in [-0.2, -0.15) is 0 Å². The number of hydrogen-bond donors (Lipinski definition) is 0. The molecule has 4 nitrogen and oxygen atoms in total.